The molecule has 0 saturated heterocycles. The normalized spacial score (nSPS) is 12.2. The molecule has 0 saturated carbocycles. The lowest BCUT2D eigenvalue weighted by molar-refractivity contribution is 0.311. The molecule has 7 heteroatoms. The van der Waals surface area contributed by atoms with Crippen molar-refractivity contribution in [2.75, 3.05) is 19.0 Å². The highest BCUT2D eigenvalue weighted by Gasteiger charge is 2.13. The molecule has 0 spiro atoms. The molecule has 0 radical (unpaired) electrons. The second-order valence-corrected chi connectivity index (χ2v) is 6.94. The van der Waals surface area contributed by atoms with Crippen molar-refractivity contribution in [2.24, 2.45) is 4.99 Å². The average molecular weight is 399 g/mol. The summed E-state index contributed by atoms with van der Waals surface area (Å²) in [6, 6.07) is 12.0. The fourth-order valence-electron chi connectivity index (χ4n) is 3.58. The van der Waals surface area contributed by atoms with Crippen LogP contribution in [0.15, 0.2) is 60.0 Å². The van der Waals surface area contributed by atoms with Crippen LogP contribution in [0.1, 0.15) is 18.1 Å². The molecule has 4 aromatic rings. The third kappa shape index (κ3) is 3.24. The maximum absolute atomic E-state index is 5.61. The van der Waals surface area contributed by atoms with E-state index in [1.54, 1.807) is 13.3 Å². The number of benzene rings is 2. The van der Waals surface area contributed by atoms with E-state index in [0.29, 0.717) is 30.5 Å². The van der Waals surface area contributed by atoms with Crippen LogP contribution in [0.3, 0.4) is 0 Å². The van der Waals surface area contributed by atoms with Crippen LogP contribution in [0.25, 0.3) is 16.9 Å². The Kier molecular flexibility index (Phi) is 4.55. The molecular formula is C23H21N5O2. The zero-order valence-corrected chi connectivity index (χ0v) is 16.8. The van der Waals surface area contributed by atoms with E-state index in [0.717, 1.165) is 22.6 Å². The van der Waals surface area contributed by atoms with Crippen molar-refractivity contribution < 1.29 is 9.47 Å². The number of hydrogen-bond acceptors (Lipinski definition) is 6. The molecule has 150 valence electrons. The van der Waals surface area contributed by atoms with Crippen LogP contribution >= 0.6 is 0 Å². The topological polar surface area (TPSA) is 73.0 Å². The Labute approximate surface area is 174 Å². The predicted molar refractivity (Wildman–Crippen MR) is 117 cm³/mol. The number of rotatable bonds is 6. The van der Waals surface area contributed by atoms with Gasteiger partial charge in [0.1, 0.15) is 0 Å². The smallest absolute Gasteiger partial charge is 0.180 e. The standard InChI is InChI=1S/C23H21N5O2/c1-3-30-20-7-6-18(11-21(20)29-2)26-22-23-25-8-9-28(23)14-19(27-22)15-4-5-16-12-24-13-17(16)10-15/h4-12,14H,3,13H2,1-2H3,(H,26,27). The van der Waals surface area contributed by atoms with Gasteiger partial charge in [-0.3, -0.25) is 4.99 Å². The summed E-state index contributed by atoms with van der Waals surface area (Å²) >= 11 is 0. The predicted octanol–water partition coefficient (Wildman–Crippen LogP) is 4.48. The minimum absolute atomic E-state index is 0.577. The minimum Gasteiger partial charge on any atom is -0.493 e. The van der Waals surface area contributed by atoms with E-state index >= 15 is 0 Å². The van der Waals surface area contributed by atoms with Crippen molar-refractivity contribution >= 4 is 23.4 Å². The van der Waals surface area contributed by atoms with Gasteiger partial charge in [0.2, 0.25) is 0 Å². The summed E-state index contributed by atoms with van der Waals surface area (Å²) in [7, 11) is 1.63. The molecule has 2 aromatic carbocycles. The Bertz CT molecular complexity index is 1260. The van der Waals surface area contributed by atoms with Gasteiger partial charge in [-0.2, -0.15) is 0 Å². The Balaban J connectivity index is 1.54. The van der Waals surface area contributed by atoms with E-state index in [4.69, 9.17) is 14.5 Å². The van der Waals surface area contributed by atoms with Crippen molar-refractivity contribution in [1.29, 1.82) is 0 Å². The quantitative estimate of drug-likeness (QED) is 0.518. The zero-order valence-electron chi connectivity index (χ0n) is 16.8. The molecule has 30 heavy (non-hydrogen) atoms. The first-order valence-electron chi connectivity index (χ1n) is 9.80. The number of ether oxygens (including phenoxy) is 2. The molecule has 1 aliphatic heterocycles. The molecule has 0 fully saturated rings. The van der Waals surface area contributed by atoms with Crippen molar-refractivity contribution in [1.82, 2.24) is 14.4 Å². The largest absolute Gasteiger partial charge is 0.493 e. The van der Waals surface area contributed by atoms with Gasteiger partial charge in [0.15, 0.2) is 23.0 Å². The van der Waals surface area contributed by atoms with Gasteiger partial charge in [-0.05, 0) is 36.2 Å². The molecule has 0 aliphatic carbocycles. The van der Waals surface area contributed by atoms with Gasteiger partial charge < -0.3 is 19.2 Å². The summed E-state index contributed by atoms with van der Waals surface area (Å²) in [6.45, 7) is 3.24. The first-order valence-corrected chi connectivity index (χ1v) is 9.80. The number of hydrogen-bond donors (Lipinski definition) is 1. The second kappa shape index (κ2) is 7.51. The number of nitrogens with zero attached hydrogens (tertiary/aromatic N) is 4. The molecule has 7 nitrogen and oxygen atoms in total. The monoisotopic (exact) mass is 399 g/mol. The number of imidazole rings is 1. The Morgan fingerprint density at radius 1 is 1.13 bits per heavy atom. The lowest BCUT2D eigenvalue weighted by Crippen LogP contribution is -2.02. The van der Waals surface area contributed by atoms with Crippen LogP contribution < -0.4 is 14.8 Å². The summed E-state index contributed by atoms with van der Waals surface area (Å²) in [5.41, 5.74) is 5.87. The Morgan fingerprint density at radius 2 is 2.07 bits per heavy atom. The third-order valence-corrected chi connectivity index (χ3v) is 5.03. The van der Waals surface area contributed by atoms with Gasteiger partial charge in [0.25, 0.3) is 0 Å². The lowest BCUT2D eigenvalue weighted by Gasteiger charge is -2.13. The molecule has 1 N–H and O–H groups in total. The third-order valence-electron chi connectivity index (χ3n) is 5.03. The van der Waals surface area contributed by atoms with Crippen molar-refractivity contribution in [2.45, 2.75) is 13.5 Å². The Hall–Kier alpha value is -3.87. The van der Waals surface area contributed by atoms with E-state index in [2.05, 4.69) is 33.5 Å². The van der Waals surface area contributed by atoms with Gasteiger partial charge in [-0.15, -0.1) is 0 Å². The number of fused-ring (bicyclic) bond motifs is 2. The summed E-state index contributed by atoms with van der Waals surface area (Å²) in [5.74, 6) is 2.04. The average Bonchev–Trinajstić information content (AvgIpc) is 3.43. The highest BCUT2D eigenvalue weighted by Crippen LogP contribution is 2.32. The molecule has 1 aliphatic rings. The number of aromatic nitrogens is 3. The van der Waals surface area contributed by atoms with Crippen LogP contribution in [0.4, 0.5) is 11.5 Å². The molecule has 2 aromatic heterocycles. The van der Waals surface area contributed by atoms with Crippen molar-refractivity contribution in [3.05, 3.63) is 66.1 Å². The fraction of sp³-hybridized carbons (Fsp3) is 0.174. The van der Waals surface area contributed by atoms with Gasteiger partial charge >= 0.3 is 0 Å². The first-order chi connectivity index (χ1) is 14.7. The highest BCUT2D eigenvalue weighted by atomic mass is 16.5. The van der Waals surface area contributed by atoms with Crippen LogP contribution in [-0.2, 0) is 6.54 Å². The van der Waals surface area contributed by atoms with Crippen molar-refractivity contribution in [3.63, 3.8) is 0 Å². The number of methoxy groups -OCH3 is 1. The second-order valence-electron chi connectivity index (χ2n) is 6.94. The van der Waals surface area contributed by atoms with Crippen molar-refractivity contribution in [3.8, 4) is 22.8 Å². The summed E-state index contributed by atoms with van der Waals surface area (Å²) in [6.07, 6.45) is 7.59. The Morgan fingerprint density at radius 3 is 2.93 bits per heavy atom. The van der Waals surface area contributed by atoms with E-state index in [1.807, 2.05) is 48.1 Å². The molecular weight excluding hydrogens is 378 g/mol. The summed E-state index contributed by atoms with van der Waals surface area (Å²) in [5, 5.41) is 3.38. The van der Waals surface area contributed by atoms with E-state index in [-0.39, 0.29) is 0 Å². The highest BCUT2D eigenvalue weighted by molar-refractivity contribution is 5.86. The van der Waals surface area contributed by atoms with Crippen LogP contribution in [0.2, 0.25) is 0 Å². The van der Waals surface area contributed by atoms with E-state index in [1.165, 1.54) is 11.1 Å². The van der Waals surface area contributed by atoms with Gasteiger partial charge in [0.05, 0.1) is 26.0 Å². The molecule has 0 unspecified atom stereocenters. The maximum Gasteiger partial charge on any atom is 0.180 e. The zero-order chi connectivity index (χ0) is 20.5. The van der Waals surface area contributed by atoms with E-state index < -0.39 is 0 Å². The summed E-state index contributed by atoms with van der Waals surface area (Å²) < 4.78 is 13.0. The first kappa shape index (κ1) is 18.2. The fourth-order valence-corrected chi connectivity index (χ4v) is 3.58. The summed E-state index contributed by atoms with van der Waals surface area (Å²) in [4.78, 5) is 13.7. The maximum atomic E-state index is 5.61. The van der Waals surface area contributed by atoms with E-state index in [9.17, 15) is 0 Å². The van der Waals surface area contributed by atoms with Crippen LogP contribution in [0.5, 0.6) is 11.5 Å². The van der Waals surface area contributed by atoms with Gasteiger partial charge in [-0.1, -0.05) is 12.1 Å². The van der Waals surface area contributed by atoms with Gasteiger partial charge in [-0.25, -0.2) is 9.97 Å². The van der Waals surface area contributed by atoms with Gasteiger partial charge in [0, 0.05) is 42.1 Å². The SMILES string of the molecule is CCOc1ccc(Nc2nc(-c3ccc4c(c3)CN=C4)cn3ccnc23)cc1OC. The number of aliphatic imine (C=N–C) groups is 1. The van der Waals surface area contributed by atoms with Crippen LogP contribution in [0, 0.1) is 0 Å². The number of nitrogens with one attached hydrogen (secondary N) is 1. The molecule has 3 heterocycles. The lowest BCUT2D eigenvalue weighted by atomic mass is 10.0. The molecule has 0 amide bonds. The molecule has 0 bridgehead atoms. The minimum atomic E-state index is 0.577. The molecule has 5 rings (SSSR count). The number of anilines is 2. The molecule has 0 atom stereocenters. The van der Waals surface area contributed by atoms with Crippen LogP contribution in [-0.4, -0.2) is 34.3 Å².